The van der Waals surface area contributed by atoms with Crippen molar-refractivity contribution in [3.05, 3.63) is 65.6 Å². The molecule has 24 heavy (non-hydrogen) atoms. The van der Waals surface area contributed by atoms with Crippen molar-refractivity contribution >= 4 is 17.4 Å². The normalized spacial score (nSPS) is 11.2. The second-order valence-corrected chi connectivity index (χ2v) is 6.60. The van der Waals surface area contributed by atoms with E-state index in [1.807, 2.05) is 24.4 Å². The Morgan fingerprint density at radius 2 is 2.04 bits per heavy atom. The van der Waals surface area contributed by atoms with Gasteiger partial charge in [0.05, 0.1) is 11.4 Å². The zero-order valence-corrected chi connectivity index (χ0v) is 14.2. The summed E-state index contributed by atoms with van der Waals surface area (Å²) in [6.45, 7) is 4.12. The SMILES string of the molecule is Cc1cccc(-n2nnnc2SCc2cn3cccc(C)c3n2)c1. The molecule has 4 aromatic rings. The number of benzene rings is 1. The number of hydrogen-bond donors (Lipinski definition) is 0. The first kappa shape index (κ1) is 14.9. The number of rotatable bonds is 4. The molecule has 3 heterocycles. The third kappa shape index (κ3) is 2.78. The van der Waals surface area contributed by atoms with Crippen LogP contribution in [-0.4, -0.2) is 29.6 Å². The maximum absolute atomic E-state index is 4.69. The molecule has 120 valence electrons. The summed E-state index contributed by atoms with van der Waals surface area (Å²) < 4.78 is 3.81. The molecular formula is C17H16N6S. The van der Waals surface area contributed by atoms with Gasteiger partial charge < -0.3 is 4.40 Å². The second-order valence-electron chi connectivity index (χ2n) is 5.66. The zero-order valence-electron chi connectivity index (χ0n) is 13.4. The Hall–Kier alpha value is -2.67. The highest BCUT2D eigenvalue weighted by Crippen LogP contribution is 2.23. The van der Waals surface area contributed by atoms with Crippen molar-refractivity contribution in [2.24, 2.45) is 0 Å². The van der Waals surface area contributed by atoms with Crippen LogP contribution in [-0.2, 0) is 5.75 Å². The van der Waals surface area contributed by atoms with Crippen LogP contribution in [0.5, 0.6) is 0 Å². The van der Waals surface area contributed by atoms with Crippen molar-refractivity contribution in [2.75, 3.05) is 0 Å². The number of aryl methyl sites for hydroxylation is 2. The molecule has 1 aromatic carbocycles. The third-order valence-electron chi connectivity index (χ3n) is 3.76. The van der Waals surface area contributed by atoms with Crippen LogP contribution >= 0.6 is 11.8 Å². The van der Waals surface area contributed by atoms with Crippen LogP contribution in [0, 0.1) is 13.8 Å². The van der Waals surface area contributed by atoms with Crippen molar-refractivity contribution in [1.82, 2.24) is 29.6 Å². The number of fused-ring (bicyclic) bond motifs is 1. The molecule has 0 fully saturated rings. The van der Waals surface area contributed by atoms with E-state index in [9.17, 15) is 0 Å². The van der Waals surface area contributed by atoms with Gasteiger partial charge in [-0.2, -0.15) is 4.68 Å². The fourth-order valence-corrected chi connectivity index (χ4v) is 3.38. The maximum atomic E-state index is 4.69. The Kier molecular flexibility index (Phi) is 3.78. The molecule has 0 amide bonds. The molecule has 0 aliphatic rings. The Bertz CT molecular complexity index is 1000. The van der Waals surface area contributed by atoms with E-state index in [1.165, 1.54) is 11.1 Å². The lowest BCUT2D eigenvalue weighted by atomic mass is 10.2. The van der Waals surface area contributed by atoms with Gasteiger partial charge in [-0.05, 0) is 53.6 Å². The van der Waals surface area contributed by atoms with Crippen molar-refractivity contribution in [2.45, 2.75) is 24.8 Å². The second kappa shape index (κ2) is 6.09. The summed E-state index contributed by atoms with van der Waals surface area (Å²) in [5, 5.41) is 12.8. The van der Waals surface area contributed by atoms with Gasteiger partial charge in [0.2, 0.25) is 5.16 Å². The number of nitrogens with zero attached hydrogens (tertiary/aromatic N) is 6. The van der Waals surface area contributed by atoms with Crippen LogP contribution in [0.3, 0.4) is 0 Å². The summed E-state index contributed by atoms with van der Waals surface area (Å²) in [6, 6.07) is 12.2. The van der Waals surface area contributed by atoms with Crippen LogP contribution < -0.4 is 0 Å². The number of pyridine rings is 1. The minimum absolute atomic E-state index is 0.716. The fourth-order valence-electron chi connectivity index (χ4n) is 2.60. The molecule has 0 saturated carbocycles. The van der Waals surface area contributed by atoms with E-state index in [2.05, 4.69) is 58.2 Å². The lowest BCUT2D eigenvalue weighted by Crippen LogP contribution is -1.99. The highest BCUT2D eigenvalue weighted by Gasteiger charge is 2.11. The summed E-state index contributed by atoms with van der Waals surface area (Å²) in [7, 11) is 0. The first-order valence-corrected chi connectivity index (χ1v) is 8.61. The van der Waals surface area contributed by atoms with Crippen LogP contribution in [0.25, 0.3) is 11.3 Å². The molecular weight excluding hydrogens is 320 g/mol. The summed E-state index contributed by atoms with van der Waals surface area (Å²) in [5.41, 5.74) is 5.31. The zero-order chi connectivity index (χ0) is 16.5. The van der Waals surface area contributed by atoms with Gasteiger partial charge in [-0.15, -0.1) is 5.10 Å². The number of aromatic nitrogens is 6. The van der Waals surface area contributed by atoms with Crippen LogP contribution in [0.15, 0.2) is 53.9 Å². The van der Waals surface area contributed by atoms with Gasteiger partial charge in [-0.25, -0.2) is 4.98 Å². The minimum atomic E-state index is 0.716. The quantitative estimate of drug-likeness (QED) is 0.536. The van der Waals surface area contributed by atoms with Crippen molar-refractivity contribution < 1.29 is 0 Å². The molecule has 7 heteroatoms. The lowest BCUT2D eigenvalue weighted by Gasteiger charge is -2.04. The van der Waals surface area contributed by atoms with Crippen molar-refractivity contribution in [3.63, 3.8) is 0 Å². The molecule has 4 rings (SSSR count). The summed E-state index contributed by atoms with van der Waals surface area (Å²) in [6.07, 6.45) is 4.07. The Morgan fingerprint density at radius 3 is 2.88 bits per heavy atom. The van der Waals surface area contributed by atoms with Gasteiger partial charge >= 0.3 is 0 Å². The van der Waals surface area contributed by atoms with Crippen molar-refractivity contribution in [1.29, 1.82) is 0 Å². The molecule has 0 unspecified atom stereocenters. The topological polar surface area (TPSA) is 60.9 Å². The Labute approximate surface area is 143 Å². The molecule has 0 aliphatic carbocycles. The number of imidazole rings is 1. The predicted molar refractivity (Wildman–Crippen MR) is 93.4 cm³/mol. The maximum Gasteiger partial charge on any atom is 0.214 e. The summed E-state index contributed by atoms with van der Waals surface area (Å²) in [4.78, 5) is 4.69. The lowest BCUT2D eigenvalue weighted by molar-refractivity contribution is 0.755. The van der Waals surface area contributed by atoms with Crippen molar-refractivity contribution in [3.8, 4) is 5.69 Å². The molecule has 0 spiro atoms. The fraction of sp³-hybridized carbons (Fsp3) is 0.176. The highest BCUT2D eigenvalue weighted by molar-refractivity contribution is 7.98. The van der Waals surface area contributed by atoms with Crippen LogP contribution in [0.1, 0.15) is 16.8 Å². The van der Waals surface area contributed by atoms with E-state index in [1.54, 1.807) is 16.4 Å². The highest BCUT2D eigenvalue weighted by atomic mass is 32.2. The number of tetrazole rings is 1. The third-order valence-corrected chi connectivity index (χ3v) is 4.72. The minimum Gasteiger partial charge on any atom is -0.307 e. The van der Waals surface area contributed by atoms with E-state index in [0.29, 0.717) is 5.75 Å². The molecule has 0 atom stereocenters. The standard InChI is InChI=1S/C17H16N6S/c1-12-5-3-7-15(9-12)23-17(19-20-21-23)24-11-14-10-22-8-4-6-13(2)16(22)18-14/h3-10H,11H2,1-2H3. The Balaban J connectivity index is 1.58. The molecule has 3 aromatic heterocycles. The first-order valence-electron chi connectivity index (χ1n) is 7.62. The van der Waals surface area contributed by atoms with Crippen LogP contribution in [0.2, 0.25) is 0 Å². The van der Waals surface area contributed by atoms with Gasteiger partial charge in [-0.1, -0.05) is 30.0 Å². The number of thioether (sulfide) groups is 1. The van der Waals surface area contributed by atoms with E-state index in [4.69, 9.17) is 4.98 Å². The molecule has 0 N–H and O–H groups in total. The van der Waals surface area contributed by atoms with E-state index < -0.39 is 0 Å². The average Bonchev–Trinajstić information content (AvgIpc) is 3.20. The number of hydrogen-bond acceptors (Lipinski definition) is 5. The molecule has 0 bridgehead atoms. The van der Waals surface area contributed by atoms with E-state index >= 15 is 0 Å². The predicted octanol–water partition coefficient (Wildman–Crippen LogP) is 3.22. The molecule has 0 radical (unpaired) electrons. The van der Waals surface area contributed by atoms with Gasteiger partial charge in [-0.3, -0.25) is 0 Å². The average molecular weight is 336 g/mol. The Morgan fingerprint density at radius 1 is 1.12 bits per heavy atom. The van der Waals surface area contributed by atoms with E-state index in [-0.39, 0.29) is 0 Å². The van der Waals surface area contributed by atoms with Gasteiger partial charge in [0.15, 0.2) is 0 Å². The summed E-state index contributed by atoms with van der Waals surface area (Å²) >= 11 is 1.58. The molecule has 0 aliphatic heterocycles. The van der Waals surface area contributed by atoms with Gasteiger partial charge in [0, 0.05) is 18.1 Å². The molecule has 0 saturated heterocycles. The smallest absolute Gasteiger partial charge is 0.214 e. The largest absolute Gasteiger partial charge is 0.307 e. The van der Waals surface area contributed by atoms with Crippen LogP contribution in [0.4, 0.5) is 0 Å². The first-order chi connectivity index (χ1) is 11.7. The van der Waals surface area contributed by atoms with Gasteiger partial charge in [0.25, 0.3) is 0 Å². The molecule has 6 nitrogen and oxygen atoms in total. The van der Waals surface area contributed by atoms with E-state index in [0.717, 1.165) is 22.2 Å². The monoisotopic (exact) mass is 336 g/mol. The summed E-state index contributed by atoms with van der Waals surface area (Å²) in [5.74, 6) is 0.716. The van der Waals surface area contributed by atoms with Gasteiger partial charge in [0.1, 0.15) is 5.65 Å².